The third-order valence-electron chi connectivity index (χ3n) is 2.97. The molecule has 5 nitrogen and oxygen atoms in total. The second-order valence-electron chi connectivity index (χ2n) is 4.38. The van der Waals surface area contributed by atoms with Crippen LogP contribution in [0.5, 0.6) is 0 Å². The van der Waals surface area contributed by atoms with Gasteiger partial charge in [0.2, 0.25) is 0 Å². The Labute approximate surface area is 120 Å². The van der Waals surface area contributed by atoms with E-state index in [1.54, 1.807) is 0 Å². The fraction of sp³-hybridized carbons (Fsp3) is 0.538. The Kier molecular flexibility index (Phi) is 5.89. The summed E-state index contributed by atoms with van der Waals surface area (Å²) < 4.78 is 3.99. The molecule has 0 saturated heterocycles. The van der Waals surface area contributed by atoms with Crippen molar-refractivity contribution in [3.63, 3.8) is 0 Å². The summed E-state index contributed by atoms with van der Waals surface area (Å²) in [5.74, 6) is 0. The quantitative estimate of drug-likeness (QED) is 0.887. The molecule has 2 aromatic rings. The number of anilines is 1. The molecule has 0 amide bonds. The minimum atomic E-state index is 0. The van der Waals surface area contributed by atoms with Gasteiger partial charge in [0.15, 0.2) is 0 Å². The van der Waals surface area contributed by atoms with Crippen molar-refractivity contribution >= 4 is 18.1 Å². The summed E-state index contributed by atoms with van der Waals surface area (Å²) in [6.07, 6.45) is 5.01. The summed E-state index contributed by atoms with van der Waals surface area (Å²) in [4.78, 5) is 0. The van der Waals surface area contributed by atoms with Crippen LogP contribution in [0.3, 0.4) is 0 Å². The smallest absolute Gasteiger partial charge is 0.0825 e. The Morgan fingerprint density at radius 3 is 2.74 bits per heavy atom. The van der Waals surface area contributed by atoms with E-state index in [4.69, 9.17) is 0 Å². The fourth-order valence-corrected chi connectivity index (χ4v) is 1.96. The molecule has 19 heavy (non-hydrogen) atoms. The van der Waals surface area contributed by atoms with Crippen LogP contribution < -0.4 is 5.32 Å². The van der Waals surface area contributed by atoms with Crippen molar-refractivity contribution < 1.29 is 0 Å². The van der Waals surface area contributed by atoms with E-state index in [0.29, 0.717) is 0 Å². The number of aromatic nitrogens is 4. The van der Waals surface area contributed by atoms with E-state index in [-0.39, 0.29) is 12.4 Å². The summed E-state index contributed by atoms with van der Waals surface area (Å²) in [5.41, 5.74) is 3.35. The molecular weight excluding hydrogens is 262 g/mol. The van der Waals surface area contributed by atoms with Gasteiger partial charge in [0.1, 0.15) is 0 Å². The molecule has 0 unspecified atom stereocenters. The average molecular weight is 284 g/mol. The summed E-state index contributed by atoms with van der Waals surface area (Å²) in [5, 5.41) is 12.2. The highest BCUT2D eigenvalue weighted by atomic mass is 35.5. The third-order valence-corrected chi connectivity index (χ3v) is 2.97. The molecule has 2 rings (SSSR count). The standard InChI is InChI=1S/C13H21N5.ClH/c1-4-8-18-12(6-7-15-18)9-14-13-10-17(5-2)16-11(13)3;/h6-7,10,14H,4-5,8-9H2,1-3H3;1H. The lowest BCUT2D eigenvalue weighted by Crippen LogP contribution is -2.09. The molecule has 0 fully saturated rings. The molecule has 0 spiro atoms. The zero-order valence-corrected chi connectivity index (χ0v) is 12.6. The van der Waals surface area contributed by atoms with Crippen molar-refractivity contribution in [3.05, 3.63) is 29.8 Å². The zero-order valence-electron chi connectivity index (χ0n) is 11.8. The van der Waals surface area contributed by atoms with Crippen LogP contribution >= 0.6 is 12.4 Å². The van der Waals surface area contributed by atoms with Gasteiger partial charge in [-0.3, -0.25) is 9.36 Å². The van der Waals surface area contributed by atoms with Gasteiger partial charge in [-0.2, -0.15) is 10.2 Å². The van der Waals surface area contributed by atoms with Crippen LogP contribution in [0.4, 0.5) is 5.69 Å². The number of nitrogens with zero attached hydrogens (tertiary/aromatic N) is 4. The Bertz CT molecular complexity index is 503. The number of halogens is 1. The van der Waals surface area contributed by atoms with E-state index < -0.39 is 0 Å². The van der Waals surface area contributed by atoms with Crippen molar-refractivity contribution in [1.82, 2.24) is 19.6 Å². The molecule has 0 atom stereocenters. The van der Waals surface area contributed by atoms with Crippen molar-refractivity contribution in [2.75, 3.05) is 5.32 Å². The van der Waals surface area contributed by atoms with Gasteiger partial charge in [-0.15, -0.1) is 12.4 Å². The van der Waals surface area contributed by atoms with Crippen LogP contribution in [-0.4, -0.2) is 19.6 Å². The molecule has 0 aliphatic carbocycles. The molecule has 106 valence electrons. The molecule has 6 heteroatoms. The van der Waals surface area contributed by atoms with Gasteiger partial charge < -0.3 is 5.32 Å². The molecule has 2 aromatic heterocycles. The largest absolute Gasteiger partial charge is 0.377 e. The first kappa shape index (κ1) is 15.6. The number of nitrogens with one attached hydrogen (secondary N) is 1. The van der Waals surface area contributed by atoms with Crippen molar-refractivity contribution in [1.29, 1.82) is 0 Å². The molecule has 1 N–H and O–H groups in total. The van der Waals surface area contributed by atoms with Crippen LogP contribution in [0.25, 0.3) is 0 Å². The van der Waals surface area contributed by atoms with Gasteiger partial charge in [0.25, 0.3) is 0 Å². The number of hydrogen-bond donors (Lipinski definition) is 1. The maximum Gasteiger partial charge on any atom is 0.0825 e. The normalized spacial score (nSPS) is 10.3. The summed E-state index contributed by atoms with van der Waals surface area (Å²) in [7, 11) is 0. The van der Waals surface area contributed by atoms with Crippen LogP contribution in [0.1, 0.15) is 31.7 Å². The highest BCUT2D eigenvalue weighted by Crippen LogP contribution is 2.13. The van der Waals surface area contributed by atoms with Crippen LogP contribution in [-0.2, 0) is 19.6 Å². The number of hydrogen-bond acceptors (Lipinski definition) is 3. The molecule has 0 aliphatic rings. The SMILES string of the molecule is CCCn1nccc1CNc1cn(CC)nc1C.Cl. The van der Waals surface area contributed by atoms with Gasteiger partial charge in [0.05, 0.1) is 23.6 Å². The van der Waals surface area contributed by atoms with Gasteiger partial charge in [-0.05, 0) is 26.3 Å². The molecule has 2 heterocycles. The molecule has 0 bridgehead atoms. The lowest BCUT2D eigenvalue weighted by Gasteiger charge is -2.07. The molecule has 0 radical (unpaired) electrons. The first-order chi connectivity index (χ1) is 8.74. The lowest BCUT2D eigenvalue weighted by atomic mass is 10.3. The van der Waals surface area contributed by atoms with Crippen molar-refractivity contribution in [2.24, 2.45) is 0 Å². The predicted octanol–water partition coefficient (Wildman–Crippen LogP) is 2.85. The minimum absolute atomic E-state index is 0. The van der Waals surface area contributed by atoms with Gasteiger partial charge in [0, 0.05) is 25.5 Å². The van der Waals surface area contributed by atoms with E-state index in [0.717, 1.165) is 37.4 Å². The lowest BCUT2D eigenvalue weighted by molar-refractivity contribution is 0.578. The van der Waals surface area contributed by atoms with E-state index in [1.165, 1.54) is 5.69 Å². The third kappa shape index (κ3) is 3.73. The van der Waals surface area contributed by atoms with Crippen LogP contribution in [0.15, 0.2) is 18.5 Å². The Hall–Kier alpha value is -1.49. The van der Waals surface area contributed by atoms with Crippen LogP contribution in [0.2, 0.25) is 0 Å². The molecule has 0 aromatic carbocycles. The van der Waals surface area contributed by atoms with Crippen molar-refractivity contribution in [3.8, 4) is 0 Å². The second-order valence-corrected chi connectivity index (χ2v) is 4.38. The first-order valence-electron chi connectivity index (χ1n) is 6.53. The highest BCUT2D eigenvalue weighted by Gasteiger charge is 2.05. The number of aryl methyl sites for hydroxylation is 3. The Balaban J connectivity index is 0.00000180. The molecule has 0 aliphatic heterocycles. The van der Waals surface area contributed by atoms with Gasteiger partial charge in [-0.25, -0.2) is 0 Å². The maximum absolute atomic E-state index is 4.42. The topological polar surface area (TPSA) is 47.7 Å². The van der Waals surface area contributed by atoms with Gasteiger partial charge in [-0.1, -0.05) is 6.92 Å². The predicted molar refractivity (Wildman–Crippen MR) is 79.7 cm³/mol. The summed E-state index contributed by atoms with van der Waals surface area (Å²) in [6.45, 7) is 8.93. The highest BCUT2D eigenvalue weighted by molar-refractivity contribution is 5.85. The summed E-state index contributed by atoms with van der Waals surface area (Å²) >= 11 is 0. The van der Waals surface area contributed by atoms with E-state index in [1.807, 2.05) is 22.5 Å². The van der Waals surface area contributed by atoms with E-state index in [9.17, 15) is 0 Å². The fourth-order valence-electron chi connectivity index (χ4n) is 1.96. The Morgan fingerprint density at radius 1 is 1.32 bits per heavy atom. The minimum Gasteiger partial charge on any atom is -0.377 e. The second kappa shape index (κ2) is 7.19. The average Bonchev–Trinajstić information content (AvgIpc) is 2.94. The number of rotatable bonds is 6. The van der Waals surface area contributed by atoms with Gasteiger partial charge >= 0.3 is 0 Å². The van der Waals surface area contributed by atoms with Crippen LogP contribution in [0, 0.1) is 6.92 Å². The van der Waals surface area contributed by atoms with E-state index in [2.05, 4.69) is 41.6 Å². The zero-order chi connectivity index (χ0) is 13.0. The molecule has 0 saturated carbocycles. The first-order valence-corrected chi connectivity index (χ1v) is 6.53. The monoisotopic (exact) mass is 283 g/mol. The van der Waals surface area contributed by atoms with E-state index >= 15 is 0 Å². The van der Waals surface area contributed by atoms with Crippen molar-refractivity contribution in [2.45, 2.75) is 46.8 Å². The molecular formula is C13H22ClN5. The summed E-state index contributed by atoms with van der Waals surface area (Å²) in [6, 6.07) is 2.06. The maximum atomic E-state index is 4.42. The Morgan fingerprint density at radius 2 is 2.11 bits per heavy atom.